The van der Waals surface area contributed by atoms with Crippen LogP contribution >= 0.6 is 22.6 Å². The van der Waals surface area contributed by atoms with Crippen LogP contribution in [0.2, 0.25) is 0 Å². The molecular weight excluding hydrogens is 423 g/mol. The van der Waals surface area contributed by atoms with Crippen LogP contribution in [0.1, 0.15) is 47.8 Å². The van der Waals surface area contributed by atoms with E-state index in [1.807, 2.05) is 0 Å². The lowest BCUT2D eigenvalue weighted by atomic mass is 10.2. The highest BCUT2D eigenvalue weighted by atomic mass is 127. The highest BCUT2D eigenvalue weighted by Gasteiger charge is 2.27. The molecule has 0 saturated carbocycles. The molecule has 0 N–H and O–H groups in total. The Kier molecular flexibility index (Phi) is 4.81. The predicted molar refractivity (Wildman–Crippen MR) is 108 cm³/mol. The maximum absolute atomic E-state index is 4.97. The van der Waals surface area contributed by atoms with E-state index in [-0.39, 0.29) is 0 Å². The van der Waals surface area contributed by atoms with Crippen molar-refractivity contribution in [1.82, 2.24) is 19.8 Å². The Balaban J connectivity index is 1.43. The molecule has 5 heteroatoms. The van der Waals surface area contributed by atoms with Gasteiger partial charge in [0.1, 0.15) is 0 Å². The number of hydrogen-bond acceptors (Lipinski definition) is 4. The van der Waals surface area contributed by atoms with Crippen molar-refractivity contribution in [2.45, 2.75) is 63.5 Å². The van der Waals surface area contributed by atoms with Crippen molar-refractivity contribution in [2.24, 2.45) is 0 Å². The summed E-state index contributed by atoms with van der Waals surface area (Å²) in [6.07, 6.45) is 0.989. The topological polar surface area (TPSA) is 32.3 Å². The highest BCUT2D eigenvalue weighted by molar-refractivity contribution is 14.1. The summed E-state index contributed by atoms with van der Waals surface area (Å²) < 4.78 is 0.445. The molecule has 2 aliphatic rings. The SMILES string of the molecule is Cc1ccc2c(n1)CN(C(I)Cc1ccc3c(n1)CN(C(C)C)C3)C2. The monoisotopic (exact) mass is 448 g/mol. The highest BCUT2D eigenvalue weighted by Crippen LogP contribution is 2.28. The molecule has 0 bridgehead atoms. The Morgan fingerprint density at radius 2 is 1.56 bits per heavy atom. The number of aromatic nitrogens is 2. The van der Waals surface area contributed by atoms with Crippen LogP contribution in [0.25, 0.3) is 0 Å². The summed E-state index contributed by atoms with van der Waals surface area (Å²) >= 11 is 2.56. The zero-order valence-corrected chi connectivity index (χ0v) is 17.3. The molecule has 0 fully saturated rings. The Hall–Kier alpha value is -1.05. The fraction of sp³-hybridized carbons (Fsp3) is 0.500. The van der Waals surface area contributed by atoms with Crippen LogP contribution in [0.3, 0.4) is 0 Å². The van der Waals surface area contributed by atoms with Crippen LogP contribution in [0.5, 0.6) is 0 Å². The van der Waals surface area contributed by atoms with E-state index in [1.165, 1.54) is 28.2 Å². The van der Waals surface area contributed by atoms with Gasteiger partial charge in [-0.25, -0.2) is 0 Å². The van der Waals surface area contributed by atoms with Crippen molar-refractivity contribution in [2.75, 3.05) is 0 Å². The zero-order valence-electron chi connectivity index (χ0n) is 15.2. The second-order valence-corrected chi connectivity index (χ2v) is 8.95. The van der Waals surface area contributed by atoms with E-state index in [9.17, 15) is 0 Å². The first-order valence-corrected chi connectivity index (χ1v) is 10.3. The number of hydrogen-bond donors (Lipinski definition) is 0. The van der Waals surface area contributed by atoms with Crippen LogP contribution in [-0.4, -0.2) is 29.9 Å². The van der Waals surface area contributed by atoms with E-state index in [2.05, 4.69) is 77.4 Å². The Morgan fingerprint density at radius 1 is 0.920 bits per heavy atom. The van der Waals surface area contributed by atoms with Gasteiger partial charge in [-0.15, -0.1) is 0 Å². The lowest BCUT2D eigenvalue weighted by Gasteiger charge is -2.21. The first-order chi connectivity index (χ1) is 12.0. The van der Waals surface area contributed by atoms with Crippen molar-refractivity contribution in [3.63, 3.8) is 0 Å². The van der Waals surface area contributed by atoms with E-state index >= 15 is 0 Å². The van der Waals surface area contributed by atoms with Crippen molar-refractivity contribution in [1.29, 1.82) is 0 Å². The van der Waals surface area contributed by atoms with Crippen LogP contribution in [0.4, 0.5) is 0 Å². The van der Waals surface area contributed by atoms with Crippen molar-refractivity contribution in [3.05, 3.63) is 58.2 Å². The minimum absolute atomic E-state index is 0.445. The number of nitrogens with zero attached hydrogens (tertiary/aromatic N) is 4. The summed E-state index contributed by atoms with van der Waals surface area (Å²) in [6, 6.07) is 9.43. The third-order valence-corrected chi connectivity index (χ3v) is 6.52. The lowest BCUT2D eigenvalue weighted by Crippen LogP contribution is -2.27. The molecule has 2 aliphatic heterocycles. The molecule has 2 aromatic heterocycles. The molecule has 25 heavy (non-hydrogen) atoms. The number of aryl methyl sites for hydroxylation is 1. The van der Waals surface area contributed by atoms with Crippen molar-refractivity contribution >= 4 is 22.6 Å². The molecule has 0 amide bonds. The third-order valence-electron chi connectivity index (χ3n) is 5.29. The zero-order chi connectivity index (χ0) is 17.6. The standard InChI is InChI=1S/C20H25IN4/c1-13(2)24-9-16-6-7-17(23-19(16)11-24)8-20(21)25-10-15-5-4-14(3)22-18(15)12-25/h4-7,13,20H,8-12H2,1-3H3. The summed E-state index contributed by atoms with van der Waals surface area (Å²) in [7, 11) is 0. The summed E-state index contributed by atoms with van der Waals surface area (Å²) in [5.74, 6) is 0. The number of alkyl halides is 1. The van der Waals surface area contributed by atoms with E-state index in [0.717, 1.165) is 38.3 Å². The van der Waals surface area contributed by atoms with E-state index < -0.39 is 0 Å². The molecule has 2 aromatic rings. The number of rotatable bonds is 4. The number of pyridine rings is 2. The summed E-state index contributed by atoms with van der Waals surface area (Å²) in [5.41, 5.74) is 7.62. The molecule has 0 spiro atoms. The fourth-order valence-electron chi connectivity index (χ4n) is 3.69. The predicted octanol–water partition coefficient (Wildman–Crippen LogP) is 3.83. The summed E-state index contributed by atoms with van der Waals surface area (Å²) in [4.78, 5) is 14.7. The van der Waals surface area contributed by atoms with E-state index in [1.54, 1.807) is 0 Å². The lowest BCUT2D eigenvalue weighted by molar-refractivity contribution is 0.226. The van der Waals surface area contributed by atoms with Crippen molar-refractivity contribution < 1.29 is 0 Å². The van der Waals surface area contributed by atoms with Gasteiger partial charge in [-0.05, 0) is 44.0 Å². The summed E-state index contributed by atoms with van der Waals surface area (Å²) in [6.45, 7) is 10.6. The molecule has 132 valence electrons. The van der Waals surface area contributed by atoms with Gasteiger partial charge in [0.05, 0.1) is 15.4 Å². The Morgan fingerprint density at radius 3 is 2.32 bits per heavy atom. The largest absolute Gasteiger partial charge is 0.291 e. The van der Waals surface area contributed by atoms with Gasteiger partial charge in [0.2, 0.25) is 0 Å². The second-order valence-electron chi connectivity index (χ2n) is 7.51. The quantitative estimate of drug-likeness (QED) is 0.405. The van der Waals surface area contributed by atoms with Gasteiger partial charge in [-0.3, -0.25) is 19.8 Å². The van der Waals surface area contributed by atoms with Gasteiger partial charge in [0.25, 0.3) is 0 Å². The average Bonchev–Trinajstić information content (AvgIpc) is 3.17. The number of fused-ring (bicyclic) bond motifs is 2. The maximum Gasteiger partial charge on any atom is 0.0680 e. The molecule has 1 atom stereocenters. The molecule has 4 rings (SSSR count). The molecule has 0 radical (unpaired) electrons. The Labute approximate surface area is 163 Å². The first-order valence-electron chi connectivity index (χ1n) is 9.05. The van der Waals surface area contributed by atoms with Gasteiger partial charge in [-0.2, -0.15) is 0 Å². The van der Waals surface area contributed by atoms with Crippen LogP contribution in [0, 0.1) is 6.92 Å². The minimum Gasteiger partial charge on any atom is -0.291 e. The van der Waals surface area contributed by atoms with Crippen LogP contribution in [0.15, 0.2) is 24.3 Å². The molecular formula is C20H25IN4. The third kappa shape index (κ3) is 3.59. The van der Waals surface area contributed by atoms with Crippen molar-refractivity contribution in [3.8, 4) is 0 Å². The van der Waals surface area contributed by atoms with Gasteiger partial charge < -0.3 is 0 Å². The number of halogens is 1. The van der Waals surface area contributed by atoms with E-state index in [0.29, 0.717) is 10.1 Å². The van der Waals surface area contributed by atoms with Gasteiger partial charge in [0, 0.05) is 50.0 Å². The molecule has 0 aliphatic carbocycles. The molecule has 0 aromatic carbocycles. The molecule has 0 saturated heterocycles. The first kappa shape index (κ1) is 17.4. The molecule has 1 unspecified atom stereocenters. The van der Waals surface area contributed by atoms with Gasteiger partial charge >= 0.3 is 0 Å². The van der Waals surface area contributed by atoms with Crippen LogP contribution < -0.4 is 0 Å². The maximum atomic E-state index is 4.97. The molecule has 4 heterocycles. The van der Waals surface area contributed by atoms with E-state index in [4.69, 9.17) is 9.97 Å². The van der Waals surface area contributed by atoms with Crippen LogP contribution in [-0.2, 0) is 32.6 Å². The normalized spacial score (nSPS) is 18.6. The minimum atomic E-state index is 0.445. The fourth-order valence-corrected chi connectivity index (χ4v) is 4.53. The summed E-state index contributed by atoms with van der Waals surface area (Å²) in [5, 5.41) is 0. The Bertz CT molecular complexity index is 789. The average molecular weight is 448 g/mol. The van der Waals surface area contributed by atoms with Gasteiger partial charge in [0.15, 0.2) is 0 Å². The molecule has 4 nitrogen and oxygen atoms in total. The second kappa shape index (κ2) is 6.93. The van der Waals surface area contributed by atoms with Gasteiger partial charge in [-0.1, -0.05) is 34.7 Å². The smallest absolute Gasteiger partial charge is 0.0680 e.